The molecule has 1 aromatic heterocycles. The van der Waals surface area contributed by atoms with Crippen LogP contribution in [0.25, 0.3) is 0 Å². The fraction of sp³-hybridized carbons (Fsp3) is 0.250. The van der Waals surface area contributed by atoms with E-state index < -0.39 is 18.8 Å². The lowest BCUT2D eigenvalue weighted by molar-refractivity contribution is -0.154. The summed E-state index contributed by atoms with van der Waals surface area (Å²) < 4.78 is 40.6. The molecular weight excluding hydrogens is 323 g/mol. The molecule has 0 aliphatic carbocycles. The van der Waals surface area contributed by atoms with Crippen LogP contribution in [0.5, 0.6) is 5.88 Å². The predicted molar refractivity (Wildman–Crippen MR) is 82.8 cm³/mol. The van der Waals surface area contributed by atoms with E-state index in [1.807, 2.05) is 31.2 Å². The van der Waals surface area contributed by atoms with Crippen LogP contribution in [0.4, 0.5) is 23.7 Å². The number of ether oxygens (including phenoxy) is 1. The Labute approximate surface area is 136 Å². The number of hydrogen-bond acceptors (Lipinski definition) is 3. The minimum atomic E-state index is -4.42. The maximum Gasteiger partial charge on any atom is 0.422 e. The first kappa shape index (κ1) is 17.6. The van der Waals surface area contributed by atoms with Gasteiger partial charge < -0.3 is 15.4 Å². The second kappa shape index (κ2) is 7.67. The van der Waals surface area contributed by atoms with Crippen LogP contribution >= 0.6 is 0 Å². The highest BCUT2D eigenvalue weighted by molar-refractivity contribution is 5.88. The molecule has 0 saturated carbocycles. The Kier molecular flexibility index (Phi) is 5.62. The Hall–Kier alpha value is -2.77. The van der Waals surface area contributed by atoms with Gasteiger partial charge in [0.25, 0.3) is 0 Å². The van der Waals surface area contributed by atoms with Crippen molar-refractivity contribution in [3.8, 4) is 5.88 Å². The zero-order valence-electron chi connectivity index (χ0n) is 12.9. The van der Waals surface area contributed by atoms with E-state index in [1.54, 1.807) is 0 Å². The molecule has 1 aromatic carbocycles. The highest BCUT2D eigenvalue weighted by Crippen LogP contribution is 2.18. The zero-order valence-corrected chi connectivity index (χ0v) is 12.9. The minimum absolute atomic E-state index is 0.168. The highest BCUT2D eigenvalue weighted by atomic mass is 19.4. The van der Waals surface area contributed by atoms with Crippen LogP contribution in [0.1, 0.15) is 11.1 Å². The second-order valence-electron chi connectivity index (χ2n) is 5.02. The van der Waals surface area contributed by atoms with Crippen LogP contribution in [-0.2, 0) is 6.54 Å². The van der Waals surface area contributed by atoms with Crippen molar-refractivity contribution in [3.05, 3.63) is 53.7 Å². The first-order valence-corrected chi connectivity index (χ1v) is 7.08. The normalized spacial score (nSPS) is 11.0. The van der Waals surface area contributed by atoms with Gasteiger partial charge >= 0.3 is 12.2 Å². The van der Waals surface area contributed by atoms with Gasteiger partial charge in [0.15, 0.2) is 6.61 Å². The third kappa shape index (κ3) is 5.79. The Morgan fingerprint density at radius 1 is 1.21 bits per heavy atom. The van der Waals surface area contributed by atoms with E-state index in [4.69, 9.17) is 0 Å². The zero-order chi connectivity index (χ0) is 17.6. The molecule has 128 valence electrons. The summed E-state index contributed by atoms with van der Waals surface area (Å²) in [5.41, 5.74) is 2.39. The smallest absolute Gasteiger partial charge is 0.422 e. The maximum absolute atomic E-state index is 12.0. The molecule has 8 heteroatoms. The van der Waals surface area contributed by atoms with Crippen molar-refractivity contribution in [2.24, 2.45) is 0 Å². The topological polar surface area (TPSA) is 63.2 Å². The number of nitrogens with one attached hydrogen (secondary N) is 2. The van der Waals surface area contributed by atoms with Crippen molar-refractivity contribution in [2.45, 2.75) is 19.6 Å². The lowest BCUT2D eigenvalue weighted by Gasteiger charge is -2.10. The first-order chi connectivity index (χ1) is 11.3. The van der Waals surface area contributed by atoms with Gasteiger partial charge in [-0.15, -0.1) is 0 Å². The van der Waals surface area contributed by atoms with Gasteiger partial charge in [-0.25, -0.2) is 9.78 Å². The number of aromatic nitrogens is 1. The predicted octanol–water partition coefficient (Wildman–Crippen LogP) is 3.65. The Morgan fingerprint density at radius 3 is 2.58 bits per heavy atom. The van der Waals surface area contributed by atoms with Crippen molar-refractivity contribution in [1.82, 2.24) is 10.3 Å². The van der Waals surface area contributed by atoms with E-state index in [0.29, 0.717) is 12.2 Å². The molecule has 0 atom stereocenters. The Morgan fingerprint density at radius 2 is 1.96 bits per heavy atom. The first-order valence-electron chi connectivity index (χ1n) is 7.08. The van der Waals surface area contributed by atoms with E-state index in [-0.39, 0.29) is 5.88 Å². The maximum atomic E-state index is 12.0. The summed E-state index contributed by atoms with van der Waals surface area (Å²) >= 11 is 0. The molecule has 0 radical (unpaired) electrons. The van der Waals surface area contributed by atoms with E-state index in [9.17, 15) is 18.0 Å². The number of nitrogens with zero attached hydrogens (tertiary/aromatic N) is 1. The Bertz CT molecular complexity index is 688. The number of urea groups is 1. The van der Waals surface area contributed by atoms with Crippen molar-refractivity contribution in [3.63, 3.8) is 0 Å². The number of rotatable bonds is 5. The number of carbonyl (C=O) groups excluding carboxylic acids is 1. The lowest BCUT2D eigenvalue weighted by Crippen LogP contribution is -2.28. The summed E-state index contributed by atoms with van der Waals surface area (Å²) in [6.07, 6.45) is -3.20. The van der Waals surface area contributed by atoms with E-state index in [2.05, 4.69) is 20.4 Å². The Balaban J connectivity index is 1.82. The fourth-order valence-electron chi connectivity index (χ4n) is 1.85. The molecular formula is C16H16F3N3O2. The average molecular weight is 339 g/mol. The van der Waals surface area contributed by atoms with Crippen LogP contribution in [0, 0.1) is 6.92 Å². The summed E-state index contributed by atoms with van der Waals surface area (Å²) in [4.78, 5) is 15.5. The summed E-state index contributed by atoms with van der Waals surface area (Å²) in [7, 11) is 0. The lowest BCUT2D eigenvalue weighted by atomic mass is 10.1. The molecule has 1 heterocycles. The molecule has 24 heavy (non-hydrogen) atoms. The van der Waals surface area contributed by atoms with Gasteiger partial charge in [-0.1, -0.05) is 24.3 Å². The van der Waals surface area contributed by atoms with Crippen molar-refractivity contribution in [2.75, 3.05) is 11.9 Å². The molecule has 2 rings (SSSR count). The van der Waals surface area contributed by atoms with Crippen LogP contribution in [0.2, 0.25) is 0 Å². The van der Waals surface area contributed by atoms with E-state index >= 15 is 0 Å². The van der Waals surface area contributed by atoms with Gasteiger partial charge in [0.05, 0.1) is 11.9 Å². The van der Waals surface area contributed by atoms with Gasteiger partial charge in [0.1, 0.15) is 0 Å². The molecule has 2 N–H and O–H groups in total. The monoisotopic (exact) mass is 339 g/mol. The van der Waals surface area contributed by atoms with Gasteiger partial charge in [0.2, 0.25) is 5.88 Å². The van der Waals surface area contributed by atoms with Crippen molar-refractivity contribution in [1.29, 1.82) is 0 Å². The van der Waals surface area contributed by atoms with Crippen LogP contribution < -0.4 is 15.4 Å². The number of anilines is 1. The standard InChI is InChI=1S/C16H16F3N3O2/c1-11-4-2-3-5-12(11)8-21-15(23)22-13-6-7-14(20-9-13)24-10-16(17,18)19/h2-7,9H,8,10H2,1H3,(H2,21,22,23). The molecule has 0 aliphatic rings. The molecule has 2 aromatic rings. The van der Waals surface area contributed by atoms with Crippen LogP contribution in [0.15, 0.2) is 42.6 Å². The van der Waals surface area contributed by atoms with Gasteiger partial charge in [-0.05, 0) is 24.1 Å². The molecule has 0 spiro atoms. The van der Waals surface area contributed by atoms with Gasteiger partial charge in [0, 0.05) is 12.6 Å². The van der Waals surface area contributed by atoms with Crippen LogP contribution in [-0.4, -0.2) is 23.8 Å². The number of amides is 2. The molecule has 0 aliphatic heterocycles. The summed E-state index contributed by atoms with van der Waals surface area (Å²) in [5.74, 6) is -0.168. The van der Waals surface area contributed by atoms with Gasteiger partial charge in [-0.2, -0.15) is 13.2 Å². The molecule has 5 nitrogen and oxygen atoms in total. The van der Waals surface area contributed by atoms with Crippen molar-refractivity contribution < 1.29 is 22.7 Å². The van der Waals surface area contributed by atoms with E-state index in [0.717, 1.165) is 11.1 Å². The van der Waals surface area contributed by atoms with Crippen LogP contribution in [0.3, 0.4) is 0 Å². The quantitative estimate of drug-likeness (QED) is 0.874. The minimum Gasteiger partial charge on any atom is -0.468 e. The SMILES string of the molecule is Cc1ccccc1CNC(=O)Nc1ccc(OCC(F)(F)F)nc1. The molecule has 0 fully saturated rings. The number of alkyl halides is 3. The number of halogens is 3. The number of carbonyl (C=O) groups is 1. The number of aryl methyl sites for hydroxylation is 1. The number of benzene rings is 1. The summed E-state index contributed by atoms with van der Waals surface area (Å²) in [5, 5.41) is 5.23. The van der Waals surface area contributed by atoms with Gasteiger partial charge in [-0.3, -0.25) is 0 Å². The average Bonchev–Trinajstić information content (AvgIpc) is 2.53. The fourth-order valence-corrected chi connectivity index (χ4v) is 1.85. The summed E-state index contributed by atoms with van der Waals surface area (Å²) in [6, 6.07) is 9.86. The highest BCUT2D eigenvalue weighted by Gasteiger charge is 2.28. The molecule has 0 bridgehead atoms. The third-order valence-corrected chi connectivity index (χ3v) is 3.08. The molecule has 0 saturated heterocycles. The number of hydrogen-bond donors (Lipinski definition) is 2. The number of pyridine rings is 1. The molecule has 0 unspecified atom stereocenters. The van der Waals surface area contributed by atoms with Crippen molar-refractivity contribution >= 4 is 11.7 Å². The van der Waals surface area contributed by atoms with E-state index in [1.165, 1.54) is 18.3 Å². The largest absolute Gasteiger partial charge is 0.468 e. The summed E-state index contributed by atoms with van der Waals surface area (Å²) in [6.45, 7) is 0.890. The third-order valence-electron chi connectivity index (χ3n) is 3.08. The molecule has 2 amide bonds. The second-order valence-corrected chi connectivity index (χ2v) is 5.02.